The van der Waals surface area contributed by atoms with Crippen LogP contribution in [0.2, 0.25) is 0 Å². The largest absolute Gasteiger partial charge is 0.481 e. The van der Waals surface area contributed by atoms with E-state index in [0.29, 0.717) is 17.4 Å². The normalized spacial score (nSPS) is 10.7. The summed E-state index contributed by atoms with van der Waals surface area (Å²) in [6.45, 7) is 7.47. The molecule has 2 amide bonds. The first kappa shape index (κ1) is 15.0. The summed E-state index contributed by atoms with van der Waals surface area (Å²) in [6.07, 6.45) is 0.406. The van der Waals surface area contributed by atoms with E-state index in [0.717, 1.165) is 0 Å². The Hall–Kier alpha value is -1.04. The number of nitrogens with one attached hydrogen (secondary N) is 2. The van der Waals surface area contributed by atoms with Gasteiger partial charge in [-0.25, -0.2) is 4.79 Å². The summed E-state index contributed by atoms with van der Waals surface area (Å²) in [5.74, 6) is -0.871. The van der Waals surface area contributed by atoms with E-state index in [1.54, 1.807) is 13.8 Å². The summed E-state index contributed by atoms with van der Waals surface area (Å²) >= 11 is 3.12. The molecule has 6 heteroatoms. The molecule has 0 aliphatic carbocycles. The molecule has 0 aromatic carbocycles. The topological polar surface area (TPSA) is 78.4 Å². The third kappa shape index (κ3) is 8.28. The first-order valence-electron chi connectivity index (χ1n) is 4.84. The highest BCUT2D eigenvalue weighted by atomic mass is 79.9. The number of carboxylic acids is 1. The van der Waals surface area contributed by atoms with Gasteiger partial charge in [-0.05, 0) is 20.3 Å². The highest BCUT2D eigenvalue weighted by molar-refractivity contribution is 9.11. The van der Waals surface area contributed by atoms with Gasteiger partial charge in [-0.3, -0.25) is 4.79 Å². The molecule has 0 atom stereocenters. The van der Waals surface area contributed by atoms with Crippen molar-refractivity contribution in [3.05, 3.63) is 11.1 Å². The van der Waals surface area contributed by atoms with Crippen LogP contribution in [0.4, 0.5) is 4.79 Å². The summed E-state index contributed by atoms with van der Waals surface area (Å²) in [5.41, 5.74) is -0.546. The highest BCUT2D eigenvalue weighted by Gasteiger charge is 2.21. The Morgan fingerprint density at radius 1 is 1.44 bits per heavy atom. The van der Waals surface area contributed by atoms with E-state index in [9.17, 15) is 9.59 Å². The maximum absolute atomic E-state index is 11.4. The predicted octanol–water partition coefficient (Wildman–Crippen LogP) is 1.84. The van der Waals surface area contributed by atoms with Crippen molar-refractivity contribution >= 4 is 27.9 Å². The number of hydrogen-bond donors (Lipinski definition) is 3. The van der Waals surface area contributed by atoms with E-state index in [4.69, 9.17) is 5.11 Å². The second-order valence-electron chi connectivity index (χ2n) is 4.10. The van der Waals surface area contributed by atoms with E-state index in [-0.39, 0.29) is 12.5 Å². The quantitative estimate of drug-likeness (QED) is 0.699. The van der Waals surface area contributed by atoms with Gasteiger partial charge in [-0.1, -0.05) is 22.5 Å². The average molecular weight is 293 g/mol. The standard InChI is InChI=1S/C10H17BrN2O3/c1-7(11)6-12-9(16)13-10(2,3)5-4-8(14)15/h1,4-6H2,2-3H3,(H,14,15)(H2,12,13,16). The van der Waals surface area contributed by atoms with Crippen molar-refractivity contribution in [2.24, 2.45) is 0 Å². The van der Waals surface area contributed by atoms with Crippen molar-refractivity contribution in [2.45, 2.75) is 32.2 Å². The lowest BCUT2D eigenvalue weighted by atomic mass is 9.99. The van der Waals surface area contributed by atoms with Gasteiger partial charge in [0.05, 0.1) is 6.54 Å². The van der Waals surface area contributed by atoms with E-state index in [1.807, 2.05) is 0 Å². The van der Waals surface area contributed by atoms with Gasteiger partial charge in [-0.2, -0.15) is 0 Å². The molecule has 0 aliphatic rings. The number of carboxylic acid groups (broad SMARTS) is 1. The van der Waals surface area contributed by atoms with Crippen LogP contribution in [0.5, 0.6) is 0 Å². The van der Waals surface area contributed by atoms with Gasteiger partial charge in [0, 0.05) is 16.4 Å². The van der Waals surface area contributed by atoms with Crippen LogP contribution in [-0.4, -0.2) is 29.2 Å². The number of rotatable bonds is 6. The lowest BCUT2D eigenvalue weighted by molar-refractivity contribution is -0.137. The van der Waals surface area contributed by atoms with Gasteiger partial charge in [-0.15, -0.1) is 0 Å². The molecule has 0 spiro atoms. The fourth-order valence-electron chi connectivity index (χ4n) is 1.01. The van der Waals surface area contributed by atoms with Gasteiger partial charge >= 0.3 is 12.0 Å². The number of amides is 2. The van der Waals surface area contributed by atoms with Crippen LogP contribution in [0.15, 0.2) is 11.1 Å². The molecule has 0 saturated carbocycles. The van der Waals surface area contributed by atoms with Gasteiger partial charge in [0.15, 0.2) is 0 Å². The number of urea groups is 1. The van der Waals surface area contributed by atoms with Crippen molar-refractivity contribution in [1.82, 2.24) is 10.6 Å². The molecular formula is C10H17BrN2O3. The van der Waals surface area contributed by atoms with E-state index in [1.165, 1.54) is 0 Å². The Bertz CT molecular complexity index is 290. The molecule has 0 aromatic heterocycles. The van der Waals surface area contributed by atoms with Crippen LogP contribution in [0.1, 0.15) is 26.7 Å². The monoisotopic (exact) mass is 292 g/mol. The number of halogens is 1. The minimum Gasteiger partial charge on any atom is -0.481 e. The minimum atomic E-state index is -0.871. The molecule has 0 heterocycles. The zero-order valence-corrected chi connectivity index (χ0v) is 11.1. The number of aliphatic carboxylic acids is 1. The fourth-order valence-corrected chi connectivity index (χ4v) is 1.15. The van der Waals surface area contributed by atoms with Crippen LogP contribution < -0.4 is 10.6 Å². The number of hydrogen-bond acceptors (Lipinski definition) is 2. The maximum atomic E-state index is 11.4. The SMILES string of the molecule is C=C(Br)CNC(=O)NC(C)(C)CCC(=O)O. The van der Waals surface area contributed by atoms with Crippen molar-refractivity contribution in [3.63, 3.8) is 0 Å². The summed E-state index contributed by atoms with van der Waals surface area (Å²) in [4.78, 5) is 21.8. The lowest BCUT2D eigenvalue weighted by Crippen LogP contribution is -2.48. The Labute approximate surface area is 103 Å². The molecule has 3 N–H and O–H groups in total. The summed E-state index contributed by atoms with van der Waals surface area (Å²) < 4.78 is 0.672. The summed E-state index contributed by atoms with van der Waals surface area (Å²) in [7, 11) is 0. The van der Waals surface area contributed by atoms with Gasteiger partial charge in [0.1, 0.15) is 0 Å². The summed E-state index contributed by atoms with van der Waals surface area (Å²) in [6, 6.07) is -0.337. The Morgan fingerprint density at radius 3 is 2.44 bits per heavy atom. The highest BCUT2D eigenvalue weighted by Crippen LogP contribution is 2.10. The molecule has 16 heavy (non-hydrogen) atoms. The molecule has 0 aliphatic heterocycles. The van der Waals surface area contributed by atoms with Gasteiger partial charge < -0.3 is 15.7 Å². The molecule has 0 radical (unpaired) electrons. The fraction of sp³-hybridized carbons (Fsp3) is 0.600. The Morgan fingerprint density at radius 2 is 2.00 bits per heavy atom. The number of carbonyl (C=O) groups is 2. The third-order valence-electron chi connectivity index (χ3n) is 1.86. The lowest BCUT2D eigenvalue weighted by Gasteiger charge is -2.25. The predicted molar refractivity (Wildman–Crippen MR) is 65.6 cm³/mol. The van der Waals surface area contributed by atoms with Crippen LogP contribution in [0, 0.1) is 0 Å². The maximum Gasteiger partial charge on any atom is 0.315 e. The van der Waals surface area contributed by atoms with Crippen LogP contribution in [0.25, 0.3) is 0 Å². The van der Waals surface area contributed by atoms with Crippen LogP contribution in [-0.2, 0) is 4.79 Å². The van der Waals surface area contributed by atoms with Crippen molar-refractivity contribution in [3.8, 4) is 0 Å². The minimum absolute atomic E-state index is 0.0262. The molecule has 0 rings (SSSR count). The summed E-state index contributed by atoms with van der Waals surface area (Å²) in [5, 5.41) is 13.8. The third-order valence-corrected chi connectivity index (χ3v) is 2.14. The zero-order chi connectivity index (χ0) is 12.8. The molecule has 92 valence electrons. The van der Waals surface area contributed by atoms with Crippen LogP contribution in [0.3, 0.4) is 0 Å². The molecule has 0 unspecified atom stereocenters. The molecule has 0 saturated heterocycles. The first-order valence-corrected chi connectivity index (χ1v) is 5.63. The molecule has 5 nitrogen and oxygen atoms in total. The second kappa shape index (κ2) is 6.52. The van der Waals surface area contributed by atoms with E-state index in [2.05, 4.69) is 33.1 Å². The zero-order valence-electron chi connectivity index (χ0n) is 9.47. The van der Waals surface area contributed by atoms with Crippen molar-refractivity contribution < 1.29 is 14.7 Å². The number of carbonyl (C=O) groups excluding carboxylic acids is 1. The van der Waals surface area contributed by atoms with Gasteiger partial charge in [0.2, 0.25) is 0 Å². The van der Waals surface area contributed by atoms with Crippen molar-refractivity contribution in [1.29, 1.82) is 0 Å². The van der Waals surface area contributed by atoms with Gasteiger partial charge in [0.25, 0.3) is 0 Å². The molecule has 0 bridgehead atoms. The van der Waals surface area contributed by atoms with Crippen LogP contribution >= 0.6 is 15.9 Å². The average Bonchev–Trinajstić information content (AvgIpc) is 2.11. The smallest absolute Gasteiger partial charge is 0.315 e. The molecular weight excluding hydrogens is 276 g/mol. The first-order chi connectivity index (χ1) is 7.23. The van der Waals surface area contributed by atoms with E-state index < -0.39 is 11.5 Å². The van der Waals surface area contributed by atoms with E-state index >= 15 is 0 Å². The molecule has 0 aromatic rings. The van der Waals surface area contributed by atoms with Crippen molar-refractivity contribution in [2.75, 3.05) is 6.54 Å². The Kier molecular flexibility index (Phi) is 6.10. The Balaban J connectivity index is 3.99. The molecule has 0 fully saturated rings. The second-order valence-corrected chi connectivity index (χ2v) is 5.22.